The van der Waals surface area contributed by atoms with Crippen LogP contribution in [0.3, 0.4) is 0 Å². The van der Waals surface area contributed by atoms with E-state index in [4.69, 9.17) is 9.52 Å². The van der Waals surface area contributed by atoms with Crippen molar-refractivity contribution >= 4 is 5.97 Å². The lowest BCUT2D eigenvalue weighted by Gasteiger charge is -1.94. The zero-order chi connectivity index (χ0) is 14.7. The Hall–Kier alpha value is -2.96. The molecule has 0 radical (unpaired) electrons. The molecule has 0 fully saturated rings. The van der Waals surface area contributed by atoms with Crippen molar-refractivity contribution in [3.63, 3.8) is 0 Å². The monoisotopic (exact) mass is 284 g/mol. The molecule has 0 saturated heterocycles. The van der Waals surface area contributed by atoms with Gasteiger partial charge in [-0.25, -0.2) is 9.67 Å². The summed E-state index contributed by atoms with van der Waals surface area (Å²) in [7, 11) is 0. The number of nitrogens with zero attached hydrogens (tertiary/aromatic N) is 4. The van der Waals surface area contributed by atoms with Gasteiger partial charge in [0.25, 0.3) is 0 Å². The molecule has 1 aromatic carbocycles. The van der Waals surface area contributed by atoms with Crippen LogP contribution in [0.15, 0.2) is 47.2 Å². The second-order valence-corrected chi connectivity index (χ2v) is 4.49. The van der Waals surface area contributed by atoms with Gasteiger partial charge in [0.2, 0.25) is 5.89 Å². The molecule has 0 bridgehead atoms. The number of oxazole rings is 1. The highest BCUT2D eigenvalue weighted by atomic mass is 16.4. The summed E-state index contributed by atoms with van der Waals surface area (Å²) in [5.74, 6) is -0.397. The largest absolute Gasteiger partial charge is 0.481 e. The van der Waals surface area contributed by atoms with Crippen LogP contribution in [0, 0.1) is 0 Å². The summed E-state index contributed by atoms with van der Waals surface area (Å²) in [5, 5.41) is 16.4. The Kier molecular flexibility index (Phi) is 3.46. The van der Waals surface area contributed by atoms with Crippen molar-refractivity contribution in [3.05, 3.63) is 54.2 Å². The molecule has 0 saturated carbocycles. The molecule has 0 atom stereocenters. The van der Waals surface area contributed by atoms with E-state index in [1.165, 1.54) is 4.68 Å². The molecule has 3 rings (SSSR count). The Morgan fingerprint density at radius 3 is 2.81 bits per heavy atom. The summed E-state index contributed by atoms with van der Waals surface area (Å²) in [5.41, 5.74) is 2.00. The van der Waals surface area contributed by atoms with Crippen molar-refractivity contribution in [2.45, 2.75) is 13.0 Å². The molecule has 0 aliphatic rings. The first-order valence-corrected chi connectivity index (χ1v) is 6.31. The number of carboxylic acids is 1. The van der Waals surface area contributed by atoms with Gasteiger partial charge >= 0.3 is 5.97 Å². The third-order valence-electron chi connectivity index (χ3n) is 2.81. The van der Waals surface area contributed by atoms with E-state index in [1.807, 2.05) is 30.3 Å². The molecule has 0 unspecified atom stereocenters. The highest BCUT2D eigenvalue weighted by Gasteiger charge is 2.09. The van der Waals surface area contributed by atoms with Crippen LogP contribution in [-0.4, -0.2) is 31.1 Å². The number of carbonyl (C=O) groups is 1. The maximum absolute atomic E-state index is 10.6. The van der Waals surface area contributed by atoms with Crippen molar-refractivity contribution in [1.82, 2.24) is 20.0 Å². The van der Waals surface area contributed by atoms with E-state index >= 15 is 0 Å². The lowest BCUT2D eigenvalue weighted by molar-refractivity contribution is -0.136. The summed E-state index contributed by atoms with van der Waals surface area (Å²) in [4.78, 5) is 15.0. The SMILES string of the molecule is O=C(O)Cc1cn(Cc2coc(-c3ccccc3)n2)nn1. The van der Waals surface area contributed by atoms with Crippen molar-refractivity contribution in [1.29, 1.82) is 0 Å². The van der Waals surface area contributed by atoms with E-state index in [-0.39, 0.29) is 6.42 Å². The minimum atomic E-state index is -0.935. The molecule has 2 aromatic heterocycles. The first kappa shape index (κ1) is 13.0. The Labute approximate surface area is 119 Å². The molecule has 7 nitrogen and oxygen atoms in total. The third kappa shape index (κ3) is 3.14. The fraction of sp³-hybridized carbons (Fsp3) is 0.143. The summed E-state index contributed by atoms with van der Waals surface area (Å²) < 4.78 is 6.96. The van der Waals surface area contributed by atoms with Crippen LogP contribution in [0.5, 0.6) is 0 Å². The molecule has 0 amide bonds. The van der Waals surface area contributed by atoms with Crippen molar-refractivity contribution < 1.29 is 14.3 Å². The number of hydrogen-bond acceptors (Lipinski definition) is 5. The van der Waals surface area contributed by atoms with E-state index in [9.17, 15) is 4.79 Å². The molecule has 21 heavy (non-hydrogen) atoms. The van der Waals surface area contributed by atoms with E-state index in [0.29, 0.717) is 23.8 Å². The maximum Gasteiger partial charge on any atom is 0.309 e. The molecule has 2 heterocycles. The Balaban J connectivity index is 1.73. The number of hydrogen-bond donors (Lipinski definition) is 1. The number of carboxylic acid groups (broad SMARTS) is 1. The zero-order valence-corrected chi connectivity index (χ0v) is 11.0. The molecule has 0 spiro atoms. The van der Waals surface area contributed by atoms with Gasteiger partial charge in [0, 0.05) is 11.8 Å². The molecule has 7 heteroatoms. The molecule has 1 N–H and O–H groups in total. The summed E-state index contributed by atoms with van der Waals surface area (Å²) in [6.07, 6.45) is 3.00. The lowest BCUT2D eigenvalue weighted by Crippen LogP contribution is -2.01. The van der Waals surface area contributed by atoms with E-state index in [0.717, 1.165) is 5.56 Å². The molecular formula is C14H12N4O3. The van der Waals surface area contributed by atoms with Gasteiger partial charge in [-0.05, 0) is 12.1 Å². The molecule has 3 aromatic rings. The predicted octanol–water partition coefficient (Wildman–Crippen LogP) is 1.61. The summed E-state index contributed by atoms with van der Waals surface area (Å²) >= 11 is 0. The van der Waals surface area contributed by atoms with Crippen LogP contribution < -0.4 is 0 Å². The van der Waals surface area contributed by atoms with Crippen LogP contribution in [0.1, 0.15) is 11.4 Å². The van der Waals surface area contributed by atoms with Crippen molar-refractivity contribution in [3.8, 4) is 11.5 Å². The Morgan fingerprint density at radius 2 is 2.05 bits per heavy atom. The lowest BCUT2D eigenvalue weighted by atomic mass is 10.2. The molecule has 106 valence electrons. The van der Waals surface area contributed by atoms with Gasteiger partial charge < -0.3 is 9.52 Å². The number of benzene rings is 1. The highest BCUT2D eigenvalue weighted by Crippen LogP contribution is 2.18. The van der Waals surface area contributed by atoms with Crippen LogP contribution in [0.2, 0.25) is 0 Å². The Bertz CT molecular complexity index is 748. The smallest absolute Gasteiger partial charge is 0.309 e. The normalized spacial score (nSPS) is 10.7. The van der Waals surface area contributed by atoms with Crippen LogP contribution in [-0.2, 0) is 17.8 Å². The number of aromatic nitrogens is 4. The van der Waals surface area contributed by atoms with Gasteiger partial charge in [-0.3, -0.25) is 4.79 Å². The van der Waals surface area contributed by atoms with Gasteiger partial charge in [-0.15, -0.1) is 5.10 Å². The number of aliphatic carboxylic acids is 1. The Morgan fingerprint density at radius 1 is 1.24 bits per heavy atom. The first-order valence-electron chi connectivity index (χ1n) is 6.31. The fourth-order valence-corrected chi connectivity index (χ4v) is 1.91. The van der Waals surface area contributed by atoms with E-state index < -0.39 is 5.97 Å². The van der Waals surface area contributed by atoms with Gasteiger partial charge in [0.15, 0.2) is 0 Å². The van der Waals surface area contributed by atoms with Crippen molar-refractivity contribution in [2.24, 2.45) is 0 Å². The van der Waals surface area contributed by atoms with Crippen LogP contribution >= 0.6 is 0 Å². The quantitative estimate of drug-likeness (QED) is 0.765. The summed E-state index contributed by atoms with van der Waals surface area (Å²) in [6, 6.07) is 9.57. The number of rotatable bonds is 5. The van der Waals surface area contributed by atoms with Gasteiger partial charge in [-0.2, -0.15) is 0 Å². The topological polar surface area (TPSA) is 94.0 Å². The van der Waals surface area contributed by atoms with E-state index in [2.05, 4.69) is 15.3 Å². The van der Waals surface area contributed by atoms with E-state index in [1.54, 1.807) is 12.5 Å². The van der Waals surface area contributed by atoms with Gasteiger partial charge in [-0.1, -0.05) is 23.4 Å². The molecular weight excluding hydrogens is 272 g/mol. The van der Waals surface area contributed by atoms with Gasteiger partial charge in [0.05, 0.1) is 18.7 Å². The molecule has 0 aliphatic heterocycles. The standard InChI is InChI=1S/C14H12N4O3/c19-13(20)6-11-7-18(17-16-11)8-12-9-21-14(15-12)10-4-2-1-3-5-10/h1-5,7,9H,6,8H2,(H,19,20). The minimum absolute atomic E-state index is 0.145. The molecule has 0 aliphatic carbocycles. The fourth-order valence-electron chi connectivity index (χ4n) is 1.91. The third-order valence-corrected chi connectivity index (χ3v) is 2.81. The second-order valence-electron chi connectivity index (χ2n) is 4.49. The second kappa shape index (κ2) is 5.58. The predicted molar refractivity (Wildman–Crippen MR) is 72.4 cm³/mol. The average Bonchev–Trinajstić information content (AvgIpc) is 3.09. The summed E-state index contributed by atoms with van der Waals surface area (Å²) in [6.45, 7) is 0.378. The maximum atomic E-state index is 10.6. The highest BCUT2D eigenvalue weighted by molar-refractivity contribution is 5.69. The first-order chi connectivity index (χ1) is 10.2. The van der Waals surface area contributed by atoms with Crippen molar-refractivity contribution in [2.75, 3.05) is 0 Å². The van der Waals surface area contributed by atoms with Crippen LogP contribution in [0.4, 0.5) is 0 Å². The average molecular weight is 284 g/mol. The minimum Gasteiger partial charge on any atom is -0.481 e. The zero-order valence-electron chi connectivity index (χ0n) is 11.0. The van der Waals surface area contributed by atoms with Gasteiger partial charge in [0.1, 0.15) is 12.0 Å². The van der Waals surface area contributed by atoms with Crippen LogP contribution in [0.25, 0.3) is 11.5 Å².